The predicted octanol–water partition coefficient (Wildman–Crippen LogP) is 3.08. The van der Waals surface area contributed by atoms with E-state index in [9.17, 15) is 5.11 Å². The number of hydrogen-bond acceptors (Lipinski definition) is 2. The van der Waals surface area contributed by atoms with Crippen LogP contribution in [0.5, 0.6) is 0 Å². The average molecular weight is 270 g/mol. The third-order valence-electron chi connectivity index (χ3n) is 3.01. The molecule has 0 spiro atoms. The highest BCUT2D eigenvalue weighted by Crippen LogP contribution is 2.29. The molecule has 2 rings (SSSR count). The smallest absolute Gasteiger partial charge is 0.0741 e. The van der Waals surface area contributed by atoms with E-state index in [1.165, 1.54) is 5.56 Å². The van der Waals surface area contributed by atoms with E-state index in [4.69, 9.17) is 0 Å². The van der Waals surface area contributed by atoms with Crippen LogP contribution < -0.4 is 5.32 Å². The van der Waals surface area contributed by atoms with Crippen LogP contribution in [-0.4, -0.2) is 17.3 Å². The van der Waals surface area contributed by atoms with Gasteiger partial charge in [-0.05, 0) is 53.7 Å². The Bertz CT molecular complexity index is 353. The molecular weight excluding hydrogens is 254 g/mol. The number of hydrogen-bond donors (Lipinski definition) is 2. The fourth-order valence-corrected chi connectivity index (χ4v) is 2.45. The Morgan fingerprint density at radius 3 is 2.87 bits per heavy atom. The fourth-order valence-electron chi connectivity index (χ4n) is 2.07. The lowest BCUT2D eigenvalue weighted by atomic mass is 10.1. The maximum absolute atomic E-state index is 9.73. The zero-order valence-electron chi connectivity index (χ0n) is 8.83. The van der Waals surface area contributed by atoms with Gasteiger partial charge in [-0.15, -0.1) is 0 Å². The monoisotopic (exact) mass is 269 g/mol. The van der Waals surface area contributed by atoms with Crippen LogP contribution >= 0.6 is 15.9 Å². The van der Waals surface area contributed by atoms with Crippen LogP contribution in [0.25, 0.3) is 0 Å². The van der Waals surface area contributed by atoms with Crippen LogP contribution in [0.3, 0.4) is 0 Å². The van der Waals surface area contributed by atoms with Gasteiger partial charge in [0.05, 0.1) is 12.1 Å². The molecule has 0 aromatic heterocycles. The number of aliphatic hydroxyl groups is 1. The molecule has 2 nitrogen and oxygen atoms in total. The van der Waals surface area contributed by atoms with Crippen molar-refractivity contribution in [3.8, 4) is 0 Å². The Balaban J connectivity index is 2.13. The van der Waals surface area contributed by atoms with Crippen molar-refractivity contribution >= 4 is 21.6 Å². The van der Waals surface area contributed by atoms with Crippen molar-refractivity contribution in [3.63, 3.8) is 0 Å². The molecule has 2 atom stereocenters. The first kappa shape index (κ1) is 11.0. The van der Waals surface area contributed by atoms with Crippen molar-refractivity contribution in [2.24, 2.45) is 0 Å². The summed E-state index contributed by atoms with van der Waals surface area (Å²) >= 11 is 3.56. The van der Waals surface area contributed by atoms with E-state index in [0.29, 0.717) is 0 Å². The van der Waals surface area contributed by atoms with Gasteiger partial charge >= 0.3 is 0 Å². The molecule has 1 saturated carbocycles. The quantitative estimate of drug-likeness (QED) is 0.865. The van der Waals surface area contributed by atoms with Gasteiger partial charge in [0, 0.05) is 10.2 Å². The maximum atomic E-state index is 9.73. The molecule has 82 valence electrons. The van der Waals surface area contributed by atoms with Gasteiger partial charge in [0.15, 0.2) is 0 Å². The highest BCUT2D eigenvalue weighted by Gasteiger charge is 2.25. The van der Waals surface area contributed by atoms with Crippen LogP contribution in [0, 0.1) is 6.92 Å². The molecule has 1 aromatic rings. The summed E-state index contributed by atoms with van der Waals surface area (Å²) in [5.41, 5.74) is 2.30. The van der Waals surface area contributed by atoms with E-state index >= 15 is 0 Å². The van der Waals surface area contributed by atoms with E-state index < -0.39 is 0 Å². The van der Waals surface area contributed by atoms with Gasteiger partial charge in [-0.25, -0.2) is 0 Å². The summed E-state index contributed by atoms with van der Waals surface area (Å²) < 4.78 is 1.10. The molecule has 2 N–H and O–H groups in total. The molecular formula is C12H16BrNO. The number of benzene rings is 1. The molecule has 1 aliphatic carbocycles. The van der Waals surface area contributed by atoms with Crippen molar-refractivity contribution in [1.29, 1.82) is 0 Å². The lowest BCUT2D eigenvalue weighted by molar-refractivity contribution is 0.172. The van der Waals surface area contributed by atoms with Gasteiger partial charge in [0.2, 0.25) is 0 Å². The fraction of sp³-hybridized carbons (Fsp3) is 0.500. The minimum atomic E-state index is -0.197. The molecule has 1 aromatic carbocycles. The summed E-state index contributed by atoms with van der Waals surface area (Å²) in [6.07, 6.45) is 2.89. The topological polar surface area (TPSA) is 32.3 Å². The van der Waals surface area contributed by atoms with Gasteiger partial charge in [0.1, 0.15) is 0 Å². The second-order valence-electron chi connectivity index (χ2n) is 4.19. The highest BCUT2D eigenvalue weighted by molar-refractivity contribution is 9.10. The number of rotatable bonds is 2. The molecule has 1 aliphatic rings. The van der Waals surface area contributed by atoms with Crippen molar-refractivity contribution in [3.05, 3.63) is 28.2 Å². The molecule has 0 unspecified atom stereocenters. The van der Waals surface area contributed by atoms with E-state index in [0.717, 1.165) is 29.4 Å². The molecule has 0 radical (unpaired) electrons. The van der Waals surface area contributed by atoms with E-state index in [1.54, 1.807) is 0 Å². The summed E-state index contributed by atoms with van der Waals surface area (Å²) in [4.78, 5) is 0. The second kappa shape index (κ2) is 4.54. The van der Waals surface area contributed by atoms with Crippen molar-refractivity contribution < 1.29 is 5.11 Å². The largest absolute Gasteiger partial charge is 0.391 e. The Labute approximate surface area is 98.8 Å². The standard InChI is InChI=1S/C12H16BrNO/c1-8-4-2-6-10(12(8)13)14-9-5-3-7-11(9)15/h2,4,6,9,11,14-15H,3,5,7H2,1H3/t9-,11-/m1/s1. The van der Waals surface area contributed by atoms with Gasteiger partial charge < -0.3 is 10.4 Å². The van der Waals surface area contributed by atoms with Gasteiger partial charge in [0.25, 0.3) is 0 Å². The summed E-state index contributed by atoms with van der Waals surface area (Å²) in [5, 5.41) is 13.1. The zero-order valence-corrected chi connectivity index (χ0v) is 10.4. The SMILES string of the molecule is Cc1cccc(N[C@@H]2CCC[C@H]2O)c1Br. The Morgan fingerprint density at radius 2 is 2.20 bits per heavy atom. The Morgan fingerprint density at radius 1 is 1.40 bits per heavy atom. The Kier molecular flexibility index (Phi) is 3.32. The van der Waals surface area contributed by atoms with Crippen molar-refractivity contribution in [2.45, 2.75) is 38.3 Å². The molecule has 0 bridgehead atoms. The number of aliphatic hydroxyl groups excluding tert-OH is 1. The van der Waals surface area contributed by atoms with Gasteiger partial charge in [-0.3, -0.25) is 0 Å². The van der Waals surface area contributed by atoms with Crippen LogP contribution in [0.15, 0.2) is 22.7 Å². The first-order valence-corrected chi connectivity index (χ1v) is 6.17. The van der Waals surface area contributed by atoms with Crippen molar-refractivity contribution in [1.82, 2.24) is 0 Å². The van der Waals surface area contributed by atoms with E-state index in [-0.39, 0.29) is 12.1 Å². The second-order valence-corrected chi connectivity index (χ2v) is 4.98. The molecule has 1 fully saturated rings. The molecule has 15 heavy (non-hydrogen) atoms. The minimum Gasteiger partial charge on any atom is -0.391 e. The third-order valence-corrected chi connectivity index (χ3v) is 4.06. The molecule has 0 amide bonds. The predicted molar refractivity (Wildman–Crippen MR) is 66.1 cm³/mol. The highest BCUT2D eigenvalue weighted by atomic mass is 79.9. The molecule has 0 heterocycles. The summed E-state index contributed by atoms with van der Waals surface area (Å²) in [6.45, 7) is 2.07. The summed E-state index contributed by atoms with van der Waals surface area (Å²) in [6, 6.07) is 6.36. The third kappa shape index (κ3) is 2.34. The van der Waals surface area contributed by atoms with Crippen molar-refractivity contribution in [2.75, 3.05) is 5.32 Å². The zero-order chi connectivity index (χ0) is 10.8. The molecule has 0 saturated heterocycles. The number of anilines is 1. The molecule has 0 aliphatic heterocycles. The lowest BCUT2D eigenvalue weighted by Crippen LogP contribution is -2.28. The Hall–Kier alpha value is -0.540. The number of nitrogens with one attached hydrogen (secondary N) is 1. The first-order chi connectivity index (χ1) is 7.18. The van der Waals surface area contributed by atoms with E-state index in [2.05, 4.69) is 34.2 Å². The van der Waals surface area contributed by atoms with Crippen LogP contribution in [0.4, 0.5) is 5.69 Å². The average Bonchev–Trinajstić information content (AvgIpc) is 2.60. The summed E-state index contributed by atoms with van der Waals surface area (Å²) in [7, 11) is 0. The minimum absolute atomic E-state index is 0.197. The van der Waals surface area contributed by atoms with Gasteiger partial charge in [-0.1, -0.05) is 12.1 Å². The van der Waals surface area contributed by atoms with Gasteiger partial charge in [-0.2, -0.15) is 0 Å². The van der Waals surface area contributed by atoms with Crippen LogP contribution in [0.2, 0.25) is 0 Å². The normalized spacial score (nSPS) is 25.5. The lowest BCUT2D eigenvalue weighted by Gasteiger charge is -2.19. The maximum Gasteiger partial charge on any atom is 0.0741 e. The number of aryl methyl sites for hydroxylation is 1. The van der Waals surface area contributed by atoms with Crippen LogP contribution in [0.1, 0.15) is 24.8 Å². The summed E-state index contributed by atoms with van der Waals surface area (Å²) in [5.74, 6) is 0. The first-order valence-electron chi connectivity index (χ1n) is 5.38. The van der Waals surface area contributed by atoms with Crippen LogP contribution in [-0.2, 0) is 0 Å². The van der Waals surface area contributed by atoms with E-state index in [1.807, 2.05) is 12.1 Å². The number of halogens is 1. The molecule has 3 heteroatoms.